The van der Waals surface area contributed by atoms with Crippen LogP contribution in [0.4, 0.5) is 0 Å². The SMILES string of the molecule is CCCCC(=O)N(CCN(C)C)C1CCOCC1. The zero-order valence-electron chi connectivity index (χ0n) is 12.2. The Morgan fingerprint density at radius 3 is 2.44 bits per heavy atom. The van der Waals surface area contributed by atoms with E-state index in [1.54, 1.807) is 0 Å². The number of rotatable bonds is 7. The van der Waals surface area contributed by atoms with Gasteiger partial charge in [0.15, 0.2) is 0 Å². The summed E-state index contributed by atoms with van der Waals surface area (Å²) in [5, 5.41) is 0. The Hall–Kier alpha value is -0.610. The lowest BCUT2D eigenvalue weighted by molar-refractivity contribution is -0.135. The number of hydrogen-bond donors (Lipinski definition) is 0. The van der Waals surface area contributed by atoms with E-state index in [0.717, 1.165) is 52.0 Å². The zero-order chi connectivity index (χ0) is 13.4. The van der Waals surface area contributed by atoms with Gasteiger partial charge in [-0.15, -0.1) is 0 Å². The molecule has 0 aromatic rings. The van der Waals surface area contributed by atoms with Crippen molar-refractivity contribution in [2.45, 2.75) is 45.1 Å². The van der Waals surface area contributed by atoms with E-state index in [1.165, 1.54) is 0 Å². The van der Waals surface area contributed by atoms with Gasteiger partial charge in [-0.25, -0.2) is 0 Å². The quantitative estimate of drug-likeness (QED) is 0.695. The van der Waals surface area contributed by atoms with Gasteiger partial charge < -0.3 is 14.5 Å². The van der Waals surface area contributed by atoms with Crippen LogP contribution in [0.3, 0.4) is 0 Å². The fourth-order valence-corrected chi connectivity index (χ4v) is 2.29. The van der Waals surface area contributed by atoms with E-state index >= 15 is 0 Å². The highest BCUT2D eigenvalue weighted by Crippen LogP contribution is 2.16. The summed E-state index contributed by atoms with van der Waals surface area (Å²) in [5.74, 6) is 0.325. The van der Waals surface area contributed by atoms with Crippen LogP contribution < -0.4 is 0 Å². The van der Waals surface area contributed by atoms with Crippen LogP contribution in [0.2, 0.25) is 0 Å². The average Bonchev–Trinajstić information content (AvgIpc) is 2.37. The molecule has 4 heteroatoms. The Bertz CT molecular complexity index is 238. The van der Waals surface area contributed by atoms with E-state index in [0.29, 0.717) is 18.4 Å². The molecule has 18 heavy (non-hydrogen) atoms. The molecule has 0 bridgehead atoms. The monoisotopic (exact) mass is 256 g/mol. The molecule has 1 fully saturated rings. The van der Waals surface area contributed by atoms with E-state index in [1.807, 2.05) is 0 Å². The maximum atomic E-state index is 12.3. The maximum Gasteiger partial charge on any atom is 0.222 e. The second kappa shape index (κ2) is 8.48. The molecular weight excluding hydrogens is 228 g/mol. The van der Waals surface area contributed by atoms with Gasteiger partial charge in [-0.1, -0.05) is 13.3 Å². The van der Waals surface area contributed by atoms with Crippen LogP contribution in [0, 0.1) is 0 Å². The van der Waals surface area contributed by atoms with E-state index in [-0.39, 0.29) is 0 Å². The Balaban J connectivity index is 2.51. The summed E-state index contributed by atoms with van der Waals surface area (Å²) in [6, 6.07) is 0.392. The largest absolute Gasteiger partial charge is 0.381 e. The minimum absolute atomic E-state index is 0.325. The van der Waals surface area contributed by atoms with Crippen LogP contribution >= 0.6 is 0 Å². The smallest absolute Gasteiger partial charge is 0.222 e. The third-order valence-corrected chi connectivity index (χ3v) is 3.48. The molecule has 4 nitrogen and oxygen atoms in total. The Morgan fingerprint density at radius 2 is 1.89 bits per heavy atom. The van der Waals surface area contributed by atoms with Crippen molar-refractivity contribution >= 4 is 5.91 Å². The van der Waals surface area contributed by atoms with Crippen molar-refractivity contribution in [3.63, 3.8) is 0 Å². The van der Waals surface area contributed by atoms with Gasteiger partial charge in [0.05, 0.1) is 0 Å². The summed E-state index contributed by atoms with van der Waals surface area (Å²) in [4.78, 5) is 16.5. The second-order valence-corrected chi connectivity index (χ2v) is 5.34. The molecule has 1 aliphatic rings. The highest BCUT2D eigenvalue weighted by Gasteiger charge is 2.24. The number of likely N-dealkylation sites (N-methyl/N-ethyl adjacent to an activating group) is 1. The average molecular weight is 256 g/mol. The van der Waals surface area contributed by atoms with Crippen LogP contribution in [-0.2, 0) is 9.53 Å². The van der Waals surface area contributed by atoms with E-state index < -0.39 is 0 Å². The topological polar surface area (TPSA) is 32.8 Å². The zero-order valence-corrected chi connectivity index (χ0v) is 12.2. The van der Waals surface area contributed by atoms with Crippen molar-refractivity contribution in [2.24, 2.45) is 0 Å². The van der Waals surface area contributed by atoms with Crippen molar-refractivity contribution in [2.75, 3.05) is 40.4 Å². The molecule has 0 atom stereocenters. The van der Waals surface area contributed by atoms with Crippen LogP contribution in [-0.4, -0.2) is 62.1 Å². The summed E-state index contributed by atoms with van der Waals surface area (Å²) in [6.45, 7) is 5.51. The van der Waals surface area contributed by atoms with Gasteiger partial charge in [0.25, 0.3) is 0 Å². The molecule has 1 amide bonds. The predicted molar refractivity (Wildman–Crippen MR) is 73.6 cm³/mol. The number of ether oxygens (including phenoxy) is 1. The van der Waals surface area contributed by atoms with Crippen LogP contribution in [0.1, 0.15) is 39.0 Å². The molecule has 0 radical (unpaired) electrons. The molecule has 1 heterocycles. The van der Waals surface area contributed by atoms with Gasteiger partial charge in [-0.3, -0.25) is 4.79 Å². The Morgan fingerprint density at radius 1 is 1.22 bits per heavy atom. The van der Waals surface area contributed by atoms with Gasteiger partial charge in [0.1, 0.15) is 0 Å². The van der Waals surface area contributed by atoms with Crippen molar-refractivity contribution in [3.05, 3.63) is 0 Å². The maximum absolute atomic E-state index is 12.3. The molecule has 0 saturated carbocycles. The predicted octanol–water partition coefficient (Wildman–Crippen LogP) is 1.75. The minimum Gasteiger partial charge on any atom is -0.381 e. The molecular formula is C14H28N2O2. The number of carbonyl (C=O) groups is 1. The molecule has 106 valence electrons. The second-order valence-electron chi connectivity index (χ2n) is 5.34. The van der Waals surface area contributed by atoms with Gasteiger partial charge in [-0.05, 0) is 33.4 Å². The molecule has 1 saturated heterocycles. The highest BCUT2D eigenvalue weighted by atomic mass is 16.5. The fourth-order valence-electron chi connectivity index (χ4n) is 2.29. The molecule has 0 unspecified atom stereocenters. The van der Waals surface area contributed by atoms with Gasteiger partial charge in [0, 0.05) is 38.8 Å². The lowest BCUT2D eigenvalue weighted by Crippen LogP contribution is -2.46. The molecule has 1 rings (SSSR count). The number of amides is 1. The van der Waals surface area contributed by atoms with Crippen LogP contribution in [0.25, 0.3) is 0 Å². The molecule has 0 N–H and O–H groups in total. The summed E-state index contributed by atoms with van der Waals surface area (Å²) >= 11 is 0. The molecule has 0 aromatic carbocycles. The minimum atomic E-state index is 0.325. The number of hydrogen-bond acceptors (Lipinski definition) is 3. The lowest BCUT2D eigenvalue weighted by atomic mass is 10.1. The van der Waals surface area contributed by atoms with Crippen molar-refractivity contribution in [1.29, 1.82) is 0 Å². The van der Waals surface area contributed by atoms with Gasteiger partial charge in [0.2, 0.25) is 5.91 Å². The standard InChI is InChI=1S/C14H28N2O2/c1-4-5-6-14(17)16(10-9-15(2)3)13-7-11-18-12-8-13/h13H,4-12H2,1-3H3. The molecule has 0 aliphatic carbocycles. The molecule has 0 aromatic heterocycles. The van der Waals surface area contributed by atoms with Crippen molar-refractivity contribution in [1.82, 2.24) is 9.80 Å². The van der Waals surface area contributed by atoms with Gasteiger partial charge >= 0.3 is 0 Å². The van der Waals surface area contributed by atoms with E-state index in [4.69, 9.17) is 4.74 Å². The first-order chi connectivity index (χ1) is 8.65. The Kier molecular flexibility index (Phi) is 7.28. The molecule has 1 aliphatic heterocycles. The normalized spacial score (nSPS) is 17.1. The summed E-state index contributed by atoms with van der Waals surface area (Å²) in [7, 11) is 4.11. The van der Waals surface area contributed by atoms with Crippen molar-refractivity contribution < 1.29 is 9.53 Å². The summed E-state index contributed by atoms with van der Waals surface area (Å²) < 4.78 is 5.39. The third-order valence-electron chi connectivity index (χ3n) is 3.48. The first kappa shape index (κ1) is 15.4. The summed E-state index contributed by atoms with van der Waals surface area (Å²) in [5.41, 5.74) is 0. The van der Waals surface area contributed by atoms with Crippen molar-refractivity contribution in [3.8, 4) is 0 Å². The lowest BCUT2D eigenvalue weighted by Gasteiger charge is -2.35. The Labute approximate surface area is 111 Å². The van der Waals surface area contributed by atoms with Crippen LogP contribution in [0.5, 0.6) is 0 Å². The number of nitrogens with zero attached hydrogens (tertiary/aromatic N) is 2. The molecule has 0 spiro atoms. The number of carbonyl (C=O) groups excluding carboxylic acids is 1. The summed E-state index contributed by atoms with van der Waals surface area (Å²) in [6.07, 6.45) is 4.76. The third kappa shape index (κ3) is 5.36. The fraction of sp³-hybridized carbons (Fsp3) is 0.929. The number of unbranched alkanes of at least 4 members (excludes halogenated alkanes) is 1. The van der Waals surface area contributed by atoms with E-state index in [9.17, 15) is 4.79 Å². The highest BCUT2D eigenvalue weighted by molar-refractivity contribution is 5.76. The first-order valence-corrected chi connectivity index (χ1v) is 7.17. The van der Waals surface area contributed by atoms with Crippen LogP contribution in [0.15, 0.2) is 0 Å². The van der Waals surface area contributed by atoms with Gasteiger partial charge in [-0.2, -0.15) is 0 Å². The first-order valence-electron chi connectivity index (χ1n) is 7.17. The van der Waals surface area contributed by atoms with E-state index in [2.05, 4.69) is 30.8 Å².